The first-order chi connectivity index (χ1) is 15.7. The Labute approximate surface area is 215 Å². The van der Waals surface area contributed by atoms with Crippen LogP contribution in [0.1, 0.15) is 44.7 Å². The predicted octanol–water partition coefficient (Wildman–Crippen LogP) is 3.97. The lowest BCUT2D eigenvalue weighted by molar-refractivity contribution is 0.0173. The summed E-state index contributed by atoms with van der Waals surface area (Å²) in [7, 11) is 2.24. The molecule has 1 aromatic heterocycles. The Bertz CT molecular complexity index is 857. The number of nitrogens with one attached hydrogen (secondary N) is 2. The van der Waals surface area contributed by atoms with E-state index in [1.165, 1.54) is 45.2 Å². The number of nitrogens with zero attached hydrogens (tertiary/aromatic N) is 4. The lowest BCUT2D eigenvalue weighted by Crippen LogP contribution is -2.62. The fourth-order valence-corrected chi connectivity index (χ4v) is 4.85. The average Bonchev–Trinajstić information content (AvgIpc) is 3.32. The van der Waals surface area contributed by atoms with Gasteiger partial charge in [-0.3, -0.25) is 4.90 Å². The van der Waals surface area contributed by atoms with Gasteiger partial charge in [0.25, 0.3) is 0 Å². The van der Waals surface area contributed by atoms with Gasteiger partial charge in [0.05, 0.1) is 6.54 Å². The molecule has 2 N–H and O–H groups in total. The molecule has 0 amide bonds. The molecule has 4 rings (SSSR count). The van der Waals surface area contributed by atoms with Crippen LogP contribution in [0.25, 0.3) is 11.5 Å². The lowest BCUT2D eigenvalue weighted by atomic mass is 9.84. The van der Waals surface area contributed by atoms with E-state index in [2.05, 4.69) is 39.4 Å². The highest BCUT2D eigenvalue weighted by Crippen LogP contribution is 2.30. The Kier molecular flexibility index (Phi) is 10.0. The van der Waals surface area contributed by atoms with Crippen LogP contribution in [-0.4, -0.2) is 72.6 Å². The molecule has 0 unspecified atom stereocenters. The molecule has 8 heteroatoms. The van der Waals surface area contributed by atoms with Crippen molar-refractivity contribution in [2.24, 2.45) is 4.99 Å². The molecule has 0 aliphatic carbocycles. The van der Waals surface area contributed by atoms with Gasteiger partial charge in [-0.05, 0) is 78.0 Å². The van der Waals surface area contributed by atoms with Crippen molar-refractivity contribution in [1.29, 1.82) is 0 Å². The molecule has 3 heterocycles. The maximum atomic E-state index is 5.67. The van der Waals surface area contributed by atoms with Gasteiger partial charge < -0.3 is 20.0 Å². The summed E-state index contributed by atoms with van der Waals surface area (Å²) in [6.45, 7) is 9.13. The number of aliphatic imine (C=N–C) groups is 1. The molecule has 2 aliphatic rings. The van der Waals surface area contributed by atoms with Crippen LogP contribution in [0.15, 0.2) is 46.0 Å². The van der Waals surface area contributed by atoms with Crippen LogP contribution in [-0.2, 0) is 6.54 Å². The van der Waals surface area contributed by atoms with Crippen molar-refractivity contribution in [3.05, 3.63) is 42.3 Å². The summed E-state index contributed by atoms with van der Waals surface area (Å²) in [4.78, 5) is 14.6. The van der Waals surface area contributed by atoms with E-state index in [0.717, 1.165) is 43.4 Å². The van der Waals surface area contributed by atoms with Crippen molar-refractivity contribution in [2.75, 3.05) is 46.3 Å². The summed E-state index contributed by atoms with van der Waals surface area (Å²) in [5.41, 5.74) is 2.04. The minimum atomic E-state index is 0. The molecule has 33 heavy (non-hydrogen) atoms. The first-order valence-electron chi connectivity index (χ1n) is 12.1. The van der Waals surface area contributed by atoms with Gasteiger partial charge in [0.1, 0.15) is 12.0 Å². The largest absolute Gasteiger partial charge is 0.444 e. The van der Waals surface area contributed by atoms with Crippen molar-refractivity contribution in [3.8, 4) is 11.5 Å². The molecule has 2 aromatic rings. The molecule has 182 valence electrons. The standard InChI is InChI=1S/C25H38N6O.HI/c1-3-26-24(27-18-22-19-32-23(29-22)21-10-6-4-7-11-21)28-20-25(12-16-30(2)17-13-25)31-14-8-5-9-15-31;/h4,6-7,10-11,19H,3,5,8-9,12-18,20H2,1-2H3,(H2,26,27,28);1H. The van der Waals surface area contributed by atoms with Crippen LogP contribution in [0.5, 0.6) is 0 Å². The second-order valence-electron chi connectivity index (χ2n) is 9.13. The zero-order chi connectivity index (χ0) is 22.2. The van der Waals surface area contributed by atoms with Gasteiger partial charge in [0.2, 0.25) is 5.89 Å². The first kappa shape index (κ1) is 26.0. The molecule has 0 bridgehead atoms. The third kappa shape index (κ3) is 6.93. The quantitative estimate of drug-likeness (QED) is 0.301. The topological polar surface area (TPSA) is 68.9 Å². The van der Waals surface area contributed by atoms with Crippen LogP contribution in [0.2, 0.25) is 0 Å². The van der Waals surface area contributed by atoms with Crippen LogP contribution in [0, 0.1) is 0 Å². The number of piperidine rings is 2. The third-order valence-corrected chi connectivity index (χ3v) is 6.85. The highest BCUT2D eigenvalue weighted by Gasteiger charge is 2.39. The molecule has 2 fully saturated rings. The van der Waals surface area contributed by atoms with E-state index in [1.54, 1.807) is 6.26 Å². The Balaban J connectivity index is 0.00000306. The van der Waals surface area contributed by atoms with Gasteiger partial charge in [-0.25, -0.2) is 9.98 Å². The van der Waals surface area contributed by atoms with E-state index in [4.69, 9.17) is 9.41 Å². The van der Waals surface area contributed by atoms with E-state index in [0.29, 0.717) is 12.4 Å². The van der Waals surface area contributed by atoms with E-state index in [9.17, 15) is 0 Å². The fraction of sp³-hybridized carbons (Fsp3) is 0.600. The first-order valence-corrected chi connectivity index (χ1v) is 12.1. The number of rotatable bonds is 7. The predicted molar refractivity (Wildman–Crippen MR) is 145 cm³/mol. The summed E-state index contributed by atoms with van der Waals surface area (Å²) in [6, 6.07) is 9.99. The zero-order valence-electron chi connectivity index (χ0n) is 20.1. The van der Waals surface area contributed by atoms with Crippen molar-refractivity contribution in [3.63, 3.8) is 0 Å². The maximum Gasteiger partial charge on any atom is 0.226 e. The Morgan fingerprint density at radius 2 is 1.79 bits per heavy atom. The maximum absolute atomic E-state index is 5.67. The third-order valence-electron chi connectivity index (χ3n) is 6.85. The number of oxazole rings is 1. The van der Waals surface area contributed by atoms with Gasteiger partial charge >= 0.3 is 0 Å². The lowest BCUT2D eigenvalue weighted by Gasteiger charge is -2.50. The van der Waals surface area contributed by atoms with Gasteiger partial charge in [-0.1, -0.05) is 24.6 Å². The summed E-state index contributed by atoms with van der Waals surface area (Å²) in [5, 5.41) is 7.08. The number of aromatic nitrogens is 1. The number of hydrogen-bond acceptors (Lipinski definition) is 5. The van der Waals surface area contributed by atoms with Gasteiger partial charge in [-0.2, -0.15) is 0 Å². The summed E-state index contributed by atoms with van der Waals surface area (Å²) in [5.74, 6) is 1.50. The summed E-state index contributed by atoms with van der Waals surface area (Å²) < 4.78 is 5.67. The van der Waals surface area contributed by atoms with E-state index in [1.807, 2.05) is 30.3 Å². The number of guanidine groups is 1. The molecule has 7 nitrogen and oxygen atoms in total. The van der Waals surface area contributed by atoms with Crippen LogP contribution in [0.4, 0.5) is 0 Å². The highest BCUT2D eigenvalue weighted by atomic mass is 127. The molecule has 2 saturated heterocycles. The Morgan fingerprint density at radius 3 is 2.48 bits per heavy atom. The van der Waals surface area contributed by atoms with E-state index >= 15 is 0 Å². The minimum Gasteiger partial charge on any atom is -0.444 e. The molecular formula is C25H39IN6O. The van der Waals surface area contributed by atoms with E-state index < -0.39 is 0 Å². The van der Waals surface area contributed by atoms with Crippen LogP contribution < -0.4 is 10.6 Å². The highest BCUT2D eigenvalue weighted by molar-refractivity contribution is 14.0. The second kappa shape index (κ2) is 12.7. The molecule has 1 aromatic carbocycles. The van der Waals surface area contributed by atoms with Crippen molar-refractivity contribution < 1.29 is 4.42 Å². The molecule has 0 spiro atoms. The van der Waals surface area contributed by atoms with Crippen molar-refractivity contribution >= 4 is 29.9 Å². The summed E-state index contributed by atoms with van der Waals surface area (Å²) >= 11 is 0. The second-order valence-corrected chi connectivity index (χ2v) is 9.13. The molecule has 0 atom stereocenters. The molecule has 0 radical (unpaired) electrons. The number of halogens is 1. The number of likely N-dealkylation sites (tertiary alicyclic amines) is 2. The Morgan fingerprint density at radius 1 is 1.06 bits per heavy atom. The smallest absolute Gasteiger partial charge is 0.226 e. The minimum absolute atomic E-state index is 0. The molecular weight excluding hydrogens is 527 g/mol. The molecule has 0 saturated carbocycles. The van der Waals surface area contributed by atoms with Crippen molar-refractivity contribution in [1.82, 2.24) is 25.4 Å². The van der Waals surface area contributed by atoms with Crippen LogP contribution >= 0.6 is 24.0 Å². The number of benzene rings is 1. The average molecular weight is 567 g/mol. The normalized spacial score (nSPS) is 19.6. The zero-order valence-corrected chi connectivity index (χ0v) is 22.4. The monoisotopic (exact) mass is 566 g/mol. The van der Waals surface area contributed by atoms with Gasteiger partial charge in [0, 0.05) is 24.2 Å². The summed E-state index contributed by atoms with van der Waals surface area (Å²) in [6.07, 6.45) is 8.14. The molecule has 2 aliphatic heterocycles. The fourth-order valence-electron chi connectivity index (χ4n) is 4.85. The van der Waals surface area contributed by atoms with Crippen LogP contribution in [0.3, 0.4) is 0 Å². The SMILES string of the molecule is CCNC(=NCc1coc(-c2ccccc2)n1)NCC1(N2CCCCC2)CCN(C)CC1.I. The van der Waals surface area contributed by atoms with Crippen molar-refractivity contribution in [2.45, 2.75) is 51.1 Å². The van der Waals surface area contributed by atoms with Gasteiger partial charge in [-0.15, -0.1) is 24.0 Å². The van der Waals surface area contributed by atoms with E-state index in [-0.39, 0.29) is 29.5 Å². The van der Waals surface area contributed by atoms with Gasteiger partial charge in [0.15, 0.2) is 5.96 Å². The number of hydrogen-bond donors (Lipinski definition) is 2. The Hall–Kier alpha value is -1.65.